The van der Waals surface area contributed by atoms with Crippen molar-refractivity contribution >= 4 is 40.5 Å². The highest BCUT2D eigenvalue weighted by Gasteiger charge is 2.10. The van der Waals surface area contributed by atoms with Crippen molar-refractivity contribution < 1.29 is 19.1 Å². The number of ether oxygens (including phenoxy) is 2. The van der Waals surface area contributed by atoms with Crippen LogP contribution in [0.15, 0.2) is 36.4 Å². The molecule has 0 heterocycles. The third-order valence-electron chi connectivity index (χ3n) is 3.61. The third kappa shape index (κ3) is 6.07. The van der Waals surface area contributed by atoms with Gasteiger partial charge in [-0.15, -0.1) is 0 Å². The molecular weight excluding hydrogens is 370 g/mol. The fraction of sp³-hybridized carbons (Fsp3) is 0.263. The van der Waals surface area contributed by atoms with Crippen molar-refractivity contribution in [1.29, 1.82) is 0 Å². The average Bonchev–Trinajstić information content (AvgIpc) is 2.62. The van der Waals surface area contributed by atoms with Crippen LogP contribution < -0.4 is 25.4 Å². The zero-order valence-electron chi connectivity index (χ0n) is 15.4. The molecule has 0 fully saturated rings. The third-order valence-corrected chi connectivity index (χ3v) is 3.90. The molecule has 0 aromatic heterocycles. The van der Waals surface area contributed by atoms with E-state index in [1.54, 1.807) is 36.4 Å². The Morgan fingerprint density at radius 2 is 1.67 bits per heavy atom. The van der Waals surface area contributed by atoms with Crippen LogP contribution in [0.25, 0.3) is 0 Å². The van der Waals surface area contributed by atoms with Crippen molar-refractivity contribution in [3.63, 3.8) is 0 Å². The second kappa shape index (κ2) is 9.68. The Labute approximate surface area is 163 Å². The van der Waals surface area contributed by atoms with Gasteiger partial charge in [0.1, 0.15) is 11.5 Å². The van der Waals surface area contributed by atoms with E-state index in [1.807, 2.05) is 0 Å². The molecule has 27 heavy (non-hydrogen) atoms. The van der Waals surface area contributed by atoms with Gasteiger partial charge in [0, 0.05) is 43.4 Å². The van der Waals surface area contributed by atoms with Crippen molar-refractivity contribution in [3.05, 3.63) is 41.4 Å². The number of benzene rings is 2. The molecule has 0 atom stereocenters. The summed E-state index contributed by atoms with van der Waals surface area (Å²) in [6.45, 7) is 1.81. The monoisotopic (exact) mass is 391 g/mol. The smallest absolute Gasteiger partial charge is 0.226 e. The second-order valence-electron chi connectivity index (χ2n) is 5.67. The Kier molecular flexibility index (Phi) is 7.31. The van der Waals surface area contributed by atoms with Crippen LogP contribution in [-0.4, -0.2) is 32.6 Å². The lowest BCUT2D eigenvalue weighted by Crippen LogP contribution is -2.16. The molecular formula is C19H22ClN3O4. The van der Waals surface area contributed by atoms with Crippen molar-refractivity contribution in [2.24, 2.45) is 0 Å². The molecule has 0 unspecified atom stereocenters. The van der Waals surface area contributed by atoms with Crippen LogP contribution in [0, 0.1) is 0 Å². The van der Waals surface area contributed by atoms with Gasteiger partial charge in [-0.25, -0.2) is 0 Å². The number of carbonyl (C=O) groups excluding carboxylic acids is 2. The van der Waals surface area contributed by atoms with Crippen LogP contribution in [0.4, 0.5) is 17.1 Å². The van der Waals surface area contributed by atoms with Crippen LogP contribution in [-0.2, 0) is 9.59 Å². The molecule has 2 aromatic rings. The lowest BCUT2D eigenvalue weighted by molar-refractivity contribution is -0.116. The van der Waals surface area contributed by atoms with E-state index in [9.17, 15) is 9.59 Å². The Morgan fingerprint density at radius 1 is 1.00 bits per heavy atom. The van der Waals surface area contributed by atoms with Gasteiger partial charge in [-0.05, 0) is 18.2 Å². The first kappa shape index (κ1) is 20.4. The predicted octanol–water partition coefficient (Wildman–Crippen LogP) is 3.76. The van der Waals surface area contributed by atoms with Crippen molar-refractivity contribution in [2.75, 3.05) is 36.7 Å². The van der Waals surface area contributed by atoms with Gasteiger partial charge in [0.25, 0.3) is 0 Å². The fourth-order valence-corrected chi connectivity index (χ4v) is 2.64. The zero-order chi connectivity index (χ0) is 19.8. The molecule has 0 aliphatic rings. The maximum absolute atomic E-state index is 12.2. The van der Waals surface area contributed by atoms with E-state index >= 15 is 0 Å². The average molecular weight is 392 g/mol. The minimum absolute atomic E-state index is 0.164. The quantitative estimate of drug-likeness (QED) is 0.637. The number of carbonyl (C=O) groups is 2. The summed E-state index contributed by atoms with van der Waals surface area (Å²) in [6, 6.07) is 10.3. The Bertz CT molecular complexity index is 827. The van der Waals surface area contributed by atoms with Crippen LogP contribution in [0.1, 0.15) is 13.3 Å². The van der Waals surface area contributed by atoms with E-state index in [2.05, 4.69) is 16.0 Å². The fourth-order valence-electron chi connectivity index (χ4n) is 2.41. The molecule has 144 valence electrons. The van der Waals surface area contributed by atoms with Gasteiger partial charge in [0.15, 0.2) is 0 Å². The van der Waals surface area contributed by atoms with Crippen molar-refractivity contribution in [1.82, 2.24) is 0 Å². The molecule has 7 nitrogen and oxygen atoms in total. The summed E-state index contributed by atoms with van der Waals surface area (Å²) in [5, 5.41) is 9.05. The summed E-state index contributed by atoms with van der Waals surface area (Å²) in [5.74, 6) is 0.737. The molecule has 0 aliphatic heterocycles. The lowest BCUT2D eigenvalue weighted by Gasteiger charge is -2.14. The van der Waals surface area contributed by atoms with Crippen LogP contribution in [0.3, 0.4) is 0 Å². The molecule has 0 saturated carbocycles. The molecule has 0 aliphatic carbocycles. The number of halogens is 1. The van der Waals surface area contributed by atoms with Crippen LogP contribution in [0.5, 0.6) is 11.5 Å². The van der Waals surface area contributed by atoms with Gasteiger partial charge in [0.05, 0.1) is 24.9 Å². The summed E-state index contributed by atoms with van der Waals surface area (Å²) >= 11 is 6.08. The van der Waals surface area contributed by atoms with Gasteiger partial charge in [-0.1, -0.05) is 17.7 Å². The van der Waals surface area contributed by atoms with E-state index in [1.165, 1.54) is 21.1 Å². The van der Waals surface area contributed by atoms with Crippen molar-refractivity contribution in [3.8, 4) is 11.5 Å². The number of hydrogen-bond donors (Lipinski definition) is 3. The highest BCUT2D eigenvalue weighted by atomic mass is 35.5. The first-order valence-electron chi connectivity index (χ1n) is 8.26. The largest absolute Gasteiger partial charge is 0.495 e. The van der Waals surface area contributed by atoms with E-state index in [4.69, 9.17) is 21.1 Å². The first-order valence-corrected chi connectivity index (χ1v) is 8.63. The number of amides is 2. The minimum Gasteiger partial charge on any atom is -0.495 e. The summed E-state index contributed by atoms with van der Waals surface area (Å²) in [5.41, 5.74) is 1.91. The number of nitrogens with one attached hydrogen (secondary N) is 3. The van der Waals surface area contributed by atoms with Gasteiger partial charge < -0.3 is 25.4 Å². The SMILES string of the molecule is COc1cc(NCCC(=O)Nc2cccc(NC(C)=O)c2)c(OC)cc1Cl. The zero-order valence-corrected chi connectivity index (χ0v) is 16.1. The molecule has 8 heteroatoms. The molecule has 2 amide bonds. The standard InChI is InChI=1S/C19H22ClN3O4/c1-12(24)22-13-5-4-6-14(9-13)23-19(25)7-8-21-16-11-17(26-2)15(20)10-18(16)27-3/h4-6,9-11,21H,7-8H2,1-3H3,(H,22,24)(H,23,25). The van der Waals surface area contributed by atoms with E-state index in [0.29, 0.717) is 40.1 Å². The van der Waals surface area contributed by atoms with Gasteiger partial charge in [-0.3, -0.25) is 9.59 Å². The molecule has 0 spiro atoms. The lowest BCUT2D eigenvalue weighted by atomic mass is 10.2. The van der Waals surface area contributed by atoms with Gasteiger partial charge in [0.2, 0.25) is 11.8 Å². The highest BCUT2D eigenvalue weighted by molar-refractivity contribution is 6.32. The Balaban J connectivity index is 1.92. The van der Waals surface area contributed by atoms with Gasteiger partial charge >= 0.3 is 0 Å². The Morgan fingerprint density at radius 3 is 2.30 bits per heavy atom. The molecule has 2 aromatic carbocycles. The highest BCUT2D eigenvalue weighted by Crippen LogP contribution is 2.35. The first-order chi connectivity index (χ1) is 12.9. The molecule has 2 rings (SSSR count). The van der Waals surface area contributed by atoms with E-state index in [-0.39, 0.29) is 18.2 Å². The van der Waals surface area contributed by atoms with E-state index < -0.39 is 0 Å². The van der Waals surface area contributed by atoms with Gasteiger partial charge in [-0.2, -0.15) is 0 Å². The maximum Gasteiger partial charge on any atom is 0.226 e. The van der Waals surface area contributed by atoms with Crippen LogP contribution in [0.2, 0.25) is 5.02 Å². The summed E-state index contributed by atoms with van der Waals surface area (Å²) in [6.07, 6.45) is 0.235. The number of hydrogen-bond acceptors (Lipinski definition) is 5. The summed E-state index contributed by atoms with van der Waals surface area (Å²) in [7, 11) is 3.07. The molecule has 3 N–H and O–H groups in total. The maximum atomic E-state index is 12.2. The molecule has 0 bridgehead atoms. The number of methoxy groups -OCH3 is 2. The van der Waals surface area contributed by atoms with E-state index in [0.717, 1.165) is 0 Å². The summed E-state index contributed by atoms with van der Waals surface area (Å²) < 4.78 is 10.5. The summed E-state index contributed by atoms with van der Waals surface area (Å²) in [4.78, 5) is 23.3. The Hall–Kier alpha value is -2.93. The minimum atomic E-state index is -0.171. The predicted molar refractivity (Wildman–Crippen MR) is 107 cm³/mol. The van der Waals surface area contributed by atoms with Crippen LogP contribution >= 0.6 is 11.6 Å². The number of anilines is 3. The molecule has 0 saturated heterocycles. The number of rotatable bonds is 8. The second-order valence-corrected chi connectivity index (χ2v) is 6.08. The van der Waals surface area contributed by atoms with Crippen molar-refractivity contribution in [2.45, 2.75) is 13.3 Å². The molecule has 0 radical (unpaired) electrons. The normalized spacial score (nSPS) is 10.1. The topological polar surface area (TPSA) is 88.7 Å².